The summed E-state index contributed by atoms with van der Waals surface area (Å²) in [6, 6.07) is 4.13. The molecule has 0 spiro atoms. The van der Waals surface area contributed by atoms with Crippen LogP contribution in [0, 0.1) is 11.7 Å². The number of urea groups is 1. The van der Waals surface area contributed by atoms with Crippen LogP contribution in [0.1, 0.15) is 50.5 Å². The van der Waals surface area contributed by atoms with Gasteiger partial charge in [-0.05, 0) is 61.3 Å². The number of carbonyl (C=O) groups is 2. The molecule has 2 fully saturated rings. The van der Waals surface area contributed by atoms with Crippen LogP contribution in [-0.2, 0) is 14.6 Å². The van der Waals surface area contributed by atoms with E-state index in [-0.39, 0.29) is 24.0 Å². The van der Waals surface area contributed by atoms with Gasteiger partial charge in [0.25, 0.3) is 0 Å². The Morgan fingerprint density at radius 1 is 1.23 bits per heavy atom. The number of benzene rings is 1. The summed E-state index contributed by atoms with van der Waals surface area (Å²) < 4.78 is 44.9. The SMILES string of the molecule is C[C@H](CS(=O)(=O)CCCCCN1CC(=O)NC1=O)c1cc(OCC2CC2)ccc1F. The lowest BCUT2D eigenvalue weighted by atomic mass is 10.0. The van der Waals surface area contributed by atoms with Gasteiger partial charge in [0.05, 0.1) is 18.1 Å². The lowest BCUT2D eigenvalue weighted by Crippen LogP contribution is -2.29. The summed E-state index contributed by atoms with van der Waals surface area (Å²) in [5.74, 6) is -0.163. The summed E-state index contributed by atoms with van der Waals surface area (Å²) >= 11 is 0. The third-order valence-electron chi connectivity index (χ3n) is 5.44. The zero-order valence-corrected chi connectivity index (χ0v) is 18.0. The van der Waals surface area contributed by atoms with Crippen molar-refractivity contribution in [3.05, 3.63) is 29.6 Å². The van der Waals surface area contributed by atoms with Gasteiger partial charge < -0.3 is 9.64 Å². The van der Waals surface area contributed by atoms with Gasteiger partial charge in [0.2, 0.25) is 5.91 Å². The highest BCUT2D eigenvalue weighted by atomic mass is 32.2. The van der Waals surface area contributed by atoms with Crippen LogP contribution in [-0.4, -0.2) is 56.5 Å². The maximum atomic E-state index is 14.3. The largest absolute Gasteiger partial charge is 0.493 e. The molecule has 166 valence electrons. The Kier molecular flexibility index (Phi) is 7.33. The fourth-order valence-electron chi connectivity index (χ4n) is 3.51. The Bertz CT molecular complexity index is 885. The van der Waals surface area contributed by atoms with E-state index in [1.54, 1.807) is 19.1 Å². The molecule has 1 saturated heterocycles. The van der Waals surface area contributed by atoms with Gasteiger partial charge in [-0.2, -0.15) is 0 Å². The fraction of sp³-hybridized carbons (Fsp3) is 0.619. The predicted molar refractivity (Wildman–Crippen MR) is 111 cm³/mol. The van der Waals surface area contributed by atoms with Crippen LogP contribution in [0.4, 0.5) is 9.18 Å². The molecule has 1 N–H and O–H groups in total. The molecule has 1 saturated carbocycles. The van der Waals surface area contributed by atoms with E-state index in [1.807, 2.05) is 0 Å². The number of amides is 3. The van der Waals surface area contributed by atoms with Crippen molar-refractivity contribution in [3.63, 3.8) is 0 Å². The number of ether oxygens (including phenoxy) is 1. The minimum Gasteiger partial charge on any atom is -0.493 e. The highest BCUT2D eigenvalue weighted by Crippen LogP contribution is 2.31. The van der Waals surface area contributed by atoms with Gasteiger partial charge in [-0.25, -0.2) is 17.6 Å². The van der Waals surface area contributed by atoms with Crippen molar-refractivity contribution in [1.82, 2.24) is 10.2 Å². The Morgan fingerprint density at radius 3 is 2.67 bits per heavy atom. The lowest BCUT2D eigenvalue weighted by molar-refractivity contribution is -0.118. The Labute approximate surface area is 176 Å². The van der Waals surface area contributed by atoms with Crippen LogP contribution in [0.5, 0.6) is 5.75 Å². The van der Waals surface area contributed by atoms with E-state index in [1.165, 1.54) is 11.0 Å². The van der Waals surface area contributed by atoms with Crippen LogP contribution >= 0.6 is 0 Å². The minimum atomic E-state index is -3.35. The van der Waals surface area contributed by atoms with Crippen molar-refractivity contribution in [3.8, 4) is 5.75 Å². The highest BCUT2D eigenvalue weighted by Gasteiger charge is 2.26. The van der Waals surface area contributed by atoms with E-state index < -0.39 is 27.6 Å². The third-order valence-corrected chi connectivity index (χ3v) is 7.35. The predicted octanol–water partition coefficient (Wildman–Crippen LogP) is 2.85. The smallest absolute Gasteiger partial charge is 0.324 e. The molecule has 0 aromatic heterocycles. The summed E-state index contributed by atoms with van der Waals surface area (Å²) in [5.41, 5.74) is 0.358. The minimum absolute atomic E-state index is 0.0158. The maximum absolute atomic E-state index is 14.3. The van der Waals surface area contributed by atoms with Crippen LogP contribution in [0.2, 0.25) is 0 Å². The number of halogens is 1. The molecule has 3 rings (SSSR count). The molecule has 2 aliphatic rings. The first-order chi connectivity index (χ1) is 14.2. The molecule has 0 bridgehead atoms. The van der Waals surface area contributed by atoms with Crippen LogP contribution in [0.15, 0.2) is 18.2 Å². The number of carbonyl (C=O) groups excluding carboxylic acids is 2. The van der Waals surface area contributed by atoms with Gasteiger partial charge in [-0.1, -0.05) is 13.3 Å². The summed E-state index contributed by atoms with van der Waals surface area (Å²) in [5, 5.41) is 2.21. The molecule has 0 radical (unpaired) electrons. The van der Waals surface area contributed by atoms with E-state index in [4.69, 9.17) is 4.74 Å². The molecule has 0 unspecified atom stereocenters. The third kappa shape index (κ3) is 6.68. The molecule has 1 aromatic carbocycles. The molecular weight excluding hydrogens is 411 g/mol. The Hall–Kier alpha value is -2.16. The van der Waals surface area contributed by atoms with Crippen molar-refractivity contribution >= 4 is 21.8 Å². The topological polar surface area (TPSA) is 92.8 Å². The van der Waals surface area contributed by atoms with Crippen LogP contribution < -0.4 is 10.1 Å². The molecule has 3 amide bonds. The van der Waals surface area contributed by atoms with Crippen molar-refractivity contribution in [2.24, 2.45) is 5.92 Å². The summed E-state index contributed by atoms with van der Waals surface area (Å²) in [7, 11) is -3.35. The maximum Gasteiger partial charge on any atom is 0.324 e. The number of rotatable bonds is 12. The van der Waals surface area contributed by atoms with Gasteiger partial charge in [-0.3, -0.25) is 10.1 Å². The first-order valence-corrected chi connectivity index (χ1v) is 12.3. The van der Waals surface area contributed by atoms with Gasteiger partial charge in [0, 0.05) is 6.54 Å². The van der Waals surface area contributed by atoms with Crippen molar-refractivity contribution in [2.75, 3.05) is 31.2 Å². The lowest BCUT2D eigenvalue weighted by Gasteiger charge is -2.15. The number of hydrogen-bond donors (Lipinski definition) is 1. The molecule has 1 atom stereocenters. The standard InChI is InChI=1S/C21H29FN2O5S/c1-15(18-11-17(7-8-19(18)22)29-13-16-5-6-16)14-30(27,28)10-4-2-3-9-24-12-20(25)23-21(24)26/h7-8,11,15-16H,2-6,9-10,12-14H2,1H3,(H,23,25,26)/t15-/m1/s1. The molecule has 1 aromatic rings. The van der Waals surface area contributed by atoms with Crippen LogP contribution in [0.25, 0.3) is 0 Å². The molecule has 1 aliphatic carbocycles. The number of nitrogens with zero attached hydrogens (tertiary/aromatic N) is 1. The zero-order valence-electron chi connectivity index (χ0n) is 17.2. The molecular formula is C21H29FN2O5S. The average molecular weight is 441 g/mol. The van der Waals surface area contributed by atoms with E-state index >= 15 is 0 Å². The summed E-state index contributed by atoms with van der Waals surface area (Å²) in [6.45, 7) is 2.81. The molecule has 7 nitrogen and oxygen atoms in total. The number of imide groups is 1. The quantitative estimate of drug-likeness (QED) is 0.399. The Balaban J connectivity index is 1.43. The highest BCUT2D eigenvalue weighted by molar-refractivity contribution is 7.91. The molecule has 1 aliphatic heterocycles. The fourth-order valence-corrected chi connectivity index (χ4v) is 5.26. The van der Waals surface area contributed by atoms with Crippen molar-refractivity contribution in [1.29, 1.82) is 0 Å². The first kappa shape index (κ1) is 22.5. The second-order valence-corrected chi connectivity index (χ2v) is 10.5. The zero-order chi connectivity index (χ0) is 21.7. The van der Waals surface area contributed by atoms with E-state index in [2.05, 4.69) is 5.32 Å². The van der Waals surface area contributed by atoms with Gasteiger partial charge in [-0.15, -0.1) is 0 Å². The number of hydrogen-bond acceptors (Lipinski definition) is 5. The molecule has 30 heavy (non-hydrogen) atoms. The van der Waals surface area contributed by atoms with E-state index in [0.29, 0.717) is 49.6 Å². The second-order valence-electron chi connectivity index (χ2n) is 8.29. The van der Waals surface area contributed by atoms with E-state index in [9.17, 15) is 22.4 Å². The van der Waals surface area contributed by atoms with Gasteiger partial charge >= 0.3 is 6.03 Å². The number of sulfone groups is 1. The van der Waals surface area contributed by atoms with Gasteiger partial charge in [0.1, 0.15) is 18.1 Å². The Morgan fingerprint density at radius 2 is 2.00 bits per heavy atom. The van der Waals surface area contributed by atoms with Crippen molar-refractivity contribution < 1.29 is 27.1 Å². The van der Waals surface area contributed by atoms with E-state index in [0.717, 1.165) is 12.8 Å². The second kappa shape index (κ2) is 9.76. The molecule has 1 heterocycles. The summed E-state index contributed by atoms with van der Waals surface area (Å²) in [4.78, 5) is 24.0. The van der Waals surface area contributed by atoms with Crippen LogP contribution in [0.3, 0.4) is 0 Å². The average Bonchev–Trinajstić information content (AvgIpc) is 3.44. The molecule has 9 heteroatoms. The normalized spacial score (nSPS) is 17.9. The van der Waals surface area contributed by atoms with Gasteiger partial charge in [0.15, 0.2) is 9.84 Å². The summed E-state index contributed by atoms with van der Waals surface area (Å²) in [6.07, 6.45) is 4.04. The number of unbranched alkanes of at least 4 members (excludes halogenated alkanes) is 2. The monoisotopic (exact) mass is 440 g/mol. The first-order valence-electron chi connectivity index (χ1n) is 10.4. The number of nitrogens with one attached hydrogen (secondary N) is 1. The van der Waals surface area contributed by atoms with Crippen molar-refractivity contribution in [2.45, 2.75) is 44.9 Å².